The summed E-state index contributed by atoms with van der Waals surface area (Å²) in [6.45, 7) is 6.64. The van der Waals surface area contributed by atoms with Gasteiger partial charge in [0.05, 0.1) is 6.61 Å². The molecule has 0 aliphatic carbocycles. The van der Waals surface area contributed by atoms with E-state index >= 15 is 0 Å². The predicted molar refractivity (Wildman–Crippen MR) is 53.3 cm³/mol. The maximum atomic E-state index is 8.79. The summed E-state index contributed by atoms with van der Waals surface area (Å²) in [5.74, 6) is 0. The highest BCUT2D eigenvalue weighted by Crippen LogP contribution is 2.03. The zero-order valence-corrected chi connectivity index (χ0v) is 8.64. The predicted octanol–water partition coefficient (Wildman–Crippen LogP) is 1.93. The molecule has 2 nitrogen and oxygen atoms in total. The van der Waals surface area contributed by atoms with E-state index in [1.54, 1.807) is 0 Å². The van der Waals surface area contributed by atoms with Crippen LogP contribution in [-0.2, 0) is 0 Å². The van der Waals surface area contributed by atoms with E-state index in [1.807, 2.05) is 6.92 Å². The molecule has 12 heavy (non-hydrogen) atoms. The Morgan fingerprint density at radius 1 is 1.17 bits per heavy atom. The Kier molecular flexibility index (Phi) is 7.51. The summed E-state index contributed by atoms with van der Waals surface area (Å²) in [4.78, 5) is 0. The van der Waals surface area contributed by atoms with E-state index in [1.165, 1.54) is 25.7 Å². The summed E-state index contributed by atoms with van der Waals surface area (Å²) in [6, 6.07) is 0.778. The van der Waals surface area contributed by atoms with Crippen LogP contribution in [0.2, 0.25) is 0 Å². The van der Waals surface area contributed by atoms with Crippen LogP contribution in [0.3, 0.4) is 0 Å². The molecule has 1 unspecified atom stereocenters. The highest BCUT2D eigenvalue weighted by atomic mass is 16.3. The van der Waals surface area contributed by atoms with E-state index in [4.69, 9.17) is 5.11 Å². The molecule has 0 aromatic rings. The lowest BCUT2D eigenvalue weighted by Gasteiger charge is -2.17. The number of rotatable bonds is 7. The number of hydrogen-bond donors (Lipinski definition) is 2. The third-order valence-corrected chi connectivity index (χ3v) is 2.08. The molecule has 0 heterocycles. The van der Waals surface area contributed by atoms with E-state index in [2.05, 4.69) is 19.2 Å². The van der Waals surface area contributed by atoms with Crippen molar-refractivity contribution in [3.05, 3.63) is 0 Å². The van der Waals surface area contributed by atoms with E-state index in [0.29, 0.717) is 6.04 Å². The summed E-state index contributed by atoms with van der Waals surface area (Å²) in [5, 5.41) is 12.1. The molecule has 0 aromatic carbocycles. The molecular weight excluding hydrogens is 150 g/mol. The second-order valence-electron chi connectivity index (χ2n) is 3.65. The van der Waals surface area contributed by atoms with Gasteiger partial charge in [0, 0.05) is 12.1 Å². The highest BCUT2D eigenvalue weighted by molar-refractivity contribution is 4.66. The fourth-order valence-corrected chi connectivity index (χ4v) is 1.32. The van der Waals surface area contributed by atoms with Crippen LogP contribution in [0, 0.1) is 0 Å². The van der Waals surface area contributed by atoms with Crippen LogP contribution >= 0.6 is 0 Å². The van der Waals surface area contributed by atoms with Crippen LogP contribution < -0.4 is 5.32 Å². The first-order chi connectivity index (χ1) is 5.70. The topological polar surface area (TPSA) is 32.3 Å². The molecule has 0 amide bonds. The van der Waals surface area contributed by atoms with E-state index in [-0.39, 0.29) is 12.6 Å². The van der Waals surface area contributed by atoms with Crippen molar-refractivity contribution in [1.82, 2.24) is 5.32 Å². The fraction of sp³-hybridized carbons (Fsp3) is 1.00. The largest absolute Gasteiger partial charge is 0.395 e. The van der Waals surface area contributed by atoms with Crippen molar-refractivity contribution >= 4 is 0 Å². The van der Waals surface area contributed by atoms with Crippen LogP contribution in [0.15, 0.2) is 0 Å². The number of nitrogens with one attached hydrogen (secondary N) is 1. The molecule has 0 aromatic heterocycles. The molecular formula is C10H23NO. The van der Waals surface area contributed by atoms with Gasteiger partial charge in [-0.3, -0.25) is 0 Å². The first-order valence-electron chi connectivity index (χ1n) is 5.07. The highest BCUT2D eigenvalue weighted by Gasteiger charge is 2.04. The normalized spacial score (nSPS) is 16.0. The third-order valence-electron chi connectivity index (χ3n) is 2.08. The van der Waals surface area contributed by atoms with Crippen molar-refractivity contribution in [2.75, 3.05) is 6.61 Å². The minimum atomic E-state index is 0.234. The van der Waals surface area contributed by atoms with Gasteiger partial charge in [-0.2, -0.15) is 0 Å². The van der Waals surface area contributed by atoms with E-state index in [0.717, 1.165) is 0 Å². The zero-order chi connectivity index (χ0) is 9.40. The Labute approximate surface area is 76.4 Å². The number of aliphatic hydroxyl groups excluding tert-OH is 1. The first kappa shape index (κ1) is 11.9. The molecule has 0 saturated carbocycles. The molecule has 0 fully saturated rings. The van der Waals surface area contributed by atoms with Gasteiger partial charge >= 0.3 is 0 Å². The standard InChI is InChI=1S/C10H23NO/c1-4-5-6-7-9(2)11-10(3)8-12/h9-12H,4-8H2,1-3H3/t9?,10-/m0/s1. The van der Waals surface area contributed by atoms with Crippen molar-refractivity contribution in [2.24, 2.45) is 0 Å². The number of hydrogen-bond acceptors (Lipinski definition) is 2. The lowest BCUT2D eigenvalue weighted by atomic mass is 10.1. The van der Waals surface area contributed by atoms with E-state index < -0.39 is 0 Å². The molecule has 0 bridgehead atoms. The third kappa shape index (κ3) is 6.62. The number of aliphatic hydroxyl groups is 1. The molecule has 0 spiro atoms. The second-order valence-corrected chi connectivity index (χ2v) is 3.65. The summed E-state index contributed by atoms with van der Waals surface area (Å²) in [5.41, 5.74) is 0. The van der Waals surface area contributed by atoms with Gasteiger partial charge in [-0.05, 0) is 20.3 Å². The lowest BCUT2D eigenvalue weighted by Crippen LogP contribution is -2.36. The van der Waals surface area contributed by atoms with Crippen LogP contribution in [-0.4, -0.2) is 23.8 Å². The molecule has 0 saturated heterocycles. The van der Waals surface area contributed by atoms with Crippen molar-refractivity contribution < 1.29 is 5.11 Å². The summed E-state index contributed by atoms with van der Waals surface area (Å²) in [6.07, 6.45) is 5.11. The van der Waals surface area contributed by atoms with Gasteiger partial charge < -0.3 is 10.4 Å². The van der Waals surface area contributed by atoms with Gasteiger partial charge in [0.25, 0.3) is 0 Å². The van der Waals surface area contributed by atoms with Gasteiger partial charge in [0.2, 0.25) is 0 Å². The minimum Gasteiger partial charge on any atom is -0.395 e. The Hall–Kier alpha value is -0.0800. The minimum absolute atomic E-state index is 0.234. The number of unbranched alkanes of at least 4 members (excludes halogenated alkanes) is 2. The Morgan fingerprint density at radius 2 is 1.83 bits per heavy atom. The molecule has 2 heteroatoms. The fourth-order valence-electron chi connectivity index (χ4n) is 1.32. The summed E-state index contributed by atoms with van der Waals surface area (Å²) in [7, 11) is 0. The second kappa shape index (κ2) is 7.56. The molecule has 0 rings (SSSR count). The van der Waals surface area contributed by atoms with Crippen molar-refractivity contribution in [3.8, 4) is 0 Å². The average molecular weight is 173 g/mol. The Morgan fingerprint density at radius 3 is 2.33 bits per heavy atom. The van der Waals surface area contributed by atoms with Gasteiger partial charge in [0.1, 0.15) is 0 Å². The maximum absolute atomic E-state index is 8.79. The Balaban J connectivity index is 3.26. The van der Waals surface area contributed by atoms with Gasteiger partial charge in [0.15, 0.2) is 0 Å². The molecule has 2 N–H and O–H groups in total. The van der Waals surface area contributed by atoms with Crippen molar-refractivity contribution in [3.63, 3.8) is 0 Å². The van der Waals surface area contributed by atoms with Crippen LogP contribution in [0.1, 0.15) is 46.5 Å². The molecule has 0 aliphatic rings. The summed E-state index contributed by atoms with van der Waals surface area (Å²) >= 11 is 0. The van der Waals surface area contributed by atoms with Crippen LogP contribution in [0.5, 0.6) is 0 Å². The molecule has 74 valence electrons. The van der Waals surface area contributed by atoms with Crippen LogP contribution in [0.25, 0.3) is 0 Å². The summed E-state index contributed by atoms with van der Waals surface area (Å²) < 4.78 is 0. The molecule has 0 radical (unpaired) electrons. The molecule has 0 aliphatic heterocycles. The smallest absolute Gasteiger partial charge is 0.0582 e. The quantitative estimate of drug-likeness (QED) is 0.577. The average Bonchev–Trinajstić information content (AvgIpc) is 2.05. The SMILES string of the molecule is CCCCCC(C)N[C@@H](C)CO. The van der Waals surface area contributed by atoms with Crippen molar-refractivity contribution in [2.45, 2.75) is 58.5 Å². The first-order valence-corrected chi connectivity index (χ1v) is 5.07. The van der Waals surface area contributed by atoms with Gasteiger partial charge in [-0.25, -0.2) is 0 Å². The van der Waals surface area contributed by atoms with E-state index in [9.17, 15) is 0 Å². The zero-order valence-electron chi connectivity index (χ0n) is 8.64. The monoisotopic (exact) mass is 173 g/mol. The lowest BCUT2D eigenvalue weighted by molar-refractivity contribution is 0.240. The maximum Gasteiger partial charge on any atom is 0.0582 e. The van der Waals surface area contributed by atoms with Crippen molar-refractivity contribution in [1.29, 1.82) is 0 Å². The van der Waals surface area contributed by atoms with Crippen LogP contribution in [0.4, 0.5) is 0 Å². The van der Waals surface area contributed by atoms with Gasteiger partial charge in [-0.15, -0.1) is 0 Å². The molecule has 2 atom stereocenters. The Bertz CT molecular complexity index is 95.8. The van der Waals surface area contributed by atoms with Gasteiger partial charge in [-0.1, -0.05) is 26.2 Å².